The standard InChI is InChI=1S/C13H22F3NO2/c1-9(4-3-7-13(14,15)16)17-8-10-5-2-6-11(10)12(18)19/h9-11,17H,2-8H2,1H3,(H,18,19). The van der Waals surface area contributed by atoms with Gasteiger partial charge < -0.3 is 10.4 Å². The van der Waals surface area contributed by atoms with E-state index in [1.54, 1.807) is 0 Å². The number of alkyl halides is 3. The topological polar surface area (TPSA) is 49.3 Å². The molecule has 3 unspecified atom stereocenters. The summed E-state index contributed by atoms with van der Waals surface area (Å²) in [4.78, 5) is 11.0. The lowest BCUT2D eigenvalue weighted by Crippen LogP contribution is -2.34. The van der Waals surface area contributed by atoms with Gasteiger partial charge in [0.1, 0.15) is 0 Å². The van der Waals surface area contributed by atoms with E-state index in [0.717, 1.165) is 12.8 Å². The molecule has 0 aromatic heterocycles. The third-order valence-electron chi connectivity index (χ3n) is 3.80. The molecule has 112 valence electrons. The summed E-state index contributed by atoms with van der Waals surface area (Å²) in [7, 11) is 0. The Morgan fingerprint density at radius 1 is 1.42 bits per heavy atom. The molecule has 3 nitrogen and oxygen atoms in total. The van der Waals surface area contributed by atoms with Crippen molar-refractivity contribution in [1.29, 1.82) is 0 Å². The van der Waals surface area contributed by atoms with Gasteiger partial charge in [-0.2, -0.15) is 13.2 Å². The first-order valence-electron chi connectivity index (χ1n) is 6.82. The monoisotopic (exact) mass is 281 g/mol. The maximum absolute atomic E-state index is 12.0. The maximum Gasteiger partial charge on any atom is 0.389 e. The van der Waals surface area contributed by atoms with Crippen LogP contribution in [0.3, 0.4) is 0 Å². The molecule has 1 saturated carbocycles. The number of rotatable bonds is 7. The lowest BCUT2D eigenvalue weighted by atomic mass is 9.96. The van der Waals surface area contributed by atoms with Crippen molar-refractivity contribution in [1.82, 2.24) is 5.32 Å². The SMILES string of the molecule is CC(CCCC(F)(F)F)NCC1CCCC1C(=O)O. The van der Waals surface area contributed by atoms with Crippen LogP contribution in [0.25, 0.3) is 0 Å². The van der Waals surface area contributed by atoms with Gasteiger partial charge in [-0.05, 0) is 45.1 Å². The summed E-state index contributed by atoms with van der Waals surface area (Å²) >= 11 is 0. The Morgan fingerprint density at radius 2 is 2.11 bits per heavy atom. The van der Waals surface area contributed by atoms with Gasteiger partial charge in [0.2, 0.25) is 0 Å². The molecule has 1 aliphatic carbocycles. The Labute approximate surface area is 111 Å². The Balaban J connectivity index is 2.19. The van der Waals surface area contributed by atoms with Crippen molar-refractivity contribution >= 4 is 5.97 Å². The van der Waals surface area contributed by atoms with Gasteiger partial charge in [-0.1, -0.05) is 6.42 Å². The molecule has 3 atom stereocenters. The van der Waals surface area contributed by atoms with Crippen molar-refractivity contribution in [2.45, 2.75) is 57.7 Å². The molecule has 0 bridgehead atoms. The number of aliphatic carboxylic acids is 1. The molecule has 2 N–H and O–H groups in total. The van der Waals surface area contributed by atoms with Gasteiger partial charge in [0.25, 0.3) is 0 Å². The van der Waals surface area contributed by atoms with E-state index < -0.39 is 18.6 Å². The first kappa shape index (κ1) is 16.3. The van der Waals surface area contributed by atoms with Crippen molar-refractivity contribution in [3.05, 3.63) is 0 Å². The number of carboxylic acid groups (broad SMARTS) is 1. The Bertz CT molecular complexity index is 294. The summed E-state index contributed by atoms with van der Waals surface area (Å²) in [6.45, 7) is 2.44. The van der Waals surface area contributed by atoms with Crippen LogP contribution in [-0.4, -0.2) is 29.8 Å². The molecule has 6 heteroatoms. The number of hydrogen-bond acceptors (Lipinski definition) is 2. The molecule has 1 aliphatic rings. The number of carbonyl (C=O) groups is 1. The number of nitrogens with one attached hydrogen (secondary N) is 1. The molecule has 0 saturated heterocycles. The van der Waals surface area contributed by atoms with E-state index in [9.17, 15) is 18.0 Å². The fourth-order valence-electron chi connectivity index (χ4n) is 2.67. The number of hydrogen-bond donors (Lipinski definition) is 2. The van der Waals surface area contributed by atoms with E-state index in [0.29, 0.717) is 19.4 Å². The minimum atomic E-state index is -4.08. The molecule has 0 radical (unpaired) electrons. The first-order valence-corrected chi connectivity index (χ1v) is 6.82. The average molecular weight is 281 g/mol. The van der Waals surface area contributed by atoms with Gasteiger partial charge in [0.05, 0.1) is 5.92 Å². The highest BCUT2D eigenvalue weighted by Gasteiger charge is 2.32. The van der Waals surface area contributed by atoms with E-state index in [2.05, 4.69) is 5.32 Å². The number of halogens is 3. The van der Waals surface area contributed by atoms with Gasteiger partial charge in [0.15, 0.2) is 0 Å². The Hall–Kier alpha value is -0.780. The van der Waals surface area contributed by atoms with Gasteiger partial charge in [-0.15, -0.1) is 0 Å². The van der Waals surface area contributed by atoms with E-state index in [-0.39, 0.29) is 24.3 Å². The summed E-state index contributed by atoms with van der Waals surface area (Å²) in [6, 6.07) is -0.00241. The molecule has 0 amide bonds. The summed E-state index contributed by atoms with van der Waals surface area (Å²) in [6.07, 6.45) is -1.73. The van der Waals surface area contributed by atoms with Gasteiger partial charge in [-0.25, -0.2) is 0 Å². The minimum Gasteiger partial charge on any atom is -0.481 e. The zero-order valence-corrected chi connectivity index (χ0v) is 11.2. The molecular formula is C13H22F3NO2. The second kappa shape index (κ2) is 7.12. The zero-order chi connectivity index (χ0) is 14.5. The lowest BCUT2D eigenvalue weighted by molar-refractivity contribution is -0.143. The molecule has 0 aliphatic heterocycles. The smallest absolute Gasteiger partial charge is 0.389 e. The van der Waals surface area contributed by atoms with Crippen LogP contribution in [0.5, 0.6) is 0 Å². The molecule has 0 aromatic rings. The maximum atomic E-state index is 12.0. The predicted octanol–water partition coefficient (Wildman–Crippen LogP) is 3.20. The van der Waals surface area contributed by atoms with Gasteiger partial charge in [-0.3, -0.25) is 4.79 Å². The van der Waals surface area contributed by atoms with Crippen LogP contribution in [0.4, 0.5) is 13.2 Å². The van der Waals surface area contributed by atoms with Gasteiger partial charge in [0, 0.05) is 12.5 Å². The highest BCUT2D eigenvalue weighted by Crippen LogP contribution is 2.31. The van der Waals surface area contributed by atoms with Crippen molar-refractivity contribution in [3.8, 4) is 0 Å². The summed E-state index contributed by atoms with van der Waals surface area (Å²) in [5.74, 6) is -0.938. The van der Waals surface area contributed by atoms with E-state index in [4.69, 9.17) is 5.11 Å². The summed E-state index contributed by atoms with van der Waals surface area (Å²) < 4.78 is 36.0. The molecule has 1 fully saturated rings. The molecule has 0 heterocycles. The normalized spacial score (nSPS) is 25.5. The summed E-state index contributed by atoms with van der Waals surface area (Å²) in [5.41, 5.74) is 0. The van der Waals surface area contributed by atoms with E-state index in [1.165, 1.54) is 0 Å². The van der Waals surface area contributed by atoms with Crippen molar-refractivity contribution in [2.75, 3.05) is 6.54 Å². The lowest BCUT2D eigenvalue weighted by Gasteiger charge is -2.20. The van der Waals surface area contributed by atoms with Crippen molar-refractivity contribution in [3.63, 3.8) is 0 Å². The zero-order valence-electron chi connectivity index (χ0n) is 11.2. The van der Waals surface area contributed by atoms with Crippen molar-refractivity contribution < 1.29 is 23.1 Å². The van der Waals surface area contributed by atoms with Crippen LogP contribution >= 0.6 is 0 Å². The van der Waals surface area contributed by atoms with Gasteiger partial charge >= 0.3 is 12.1 Å². The van der Waals surface area contributed by atoms with E-state index in [1.807, 2.05) is 6.92 Å². The molecule has 0 aromatic carbocycles. The van der Waals surface area contributed by atoms with Crippen LogP contribution < -0.4 is 5.32 Å². The first-order chi connectivity index (χ1) is 8.79. The van der Waals surface area contributed by atoms with Crippen LogP contribution in [-0.2, 0) is 4.79 Å². The average Bonchev–Trinajstić information content (AvgIpc) is 2.72. The largest absolute Gasteiger partial charge is 0.481 e. The second-order valence-corrected chi connectivity index (χ2v) is 5.45. The van der Waals surface area contributed by atoms with Crippen LogP contribution in [0.2, 0.25) is 0 Å². The number of carboxylic acids is 1. The molecular weight excluding hydrogens is 259 g/mol. The second-order valence-electron chi connectivity index (χ2n) is 5.45. The summed E-state index contributed by atoms with van der Waals surface area (Å²) in [5, 5.41) is 12.2. The third-order valence-corrected chi connectivity index (χ3v) is 3.80. The Morgan fingerprint density at radius 3 is 2.68 bits per heavy atom. The quantitative estimate of drug-likeness (QED) is 0.753. The highest BCUT2D eigenvalue weighted by molar-refractivity contribution is 5.70. The van der Waals surface area contributed by atoms with Crippen LogP contribution in [0, 0.1) is 11.8 Å². The fraction of sp³-hybridized carbons (Fsp3) is 0.923. The van der Waals surface area contributed by atoms with Crippen LogP contribution in [0.1, 0.15) is 45.4 Å². The van der Waals surface area contributed by atoms with Crippen LogP contribution in [0.15, 0.2) is 0 Å². The Kier molecular flexibility index (Phi) is 6.10. The molecule has 0 spiro atoms. The molecule has 19 heavy (non-hydrogen) atoms. The molecule has 1 rings (SSSR count). The highest BCUT2D eigenvalue weighted by atomic mass is 19.4. The van der Waals surface area contributed by atoms with Crippen molar-refractivity contribution in [2.24, 2.45) is 11.8 Å². The fourth-order valence-corrected chi connectivity index (χ4v) is 2.67. The predicted molar refractivity (Wildman–Crippen MR) is 65.8 cm³/mol. The minimum absolute atomic E-state index is 0.00241. The third kappa shape index (κ3) is 6.27. The van der Waals surface area contributed by atoms with E-state index >= 15 is 0 Å².